The smallest absolute Gasteiger partial charge is 0.246 e. The number of nitrogens with one attached hydrogen (secondary N) is 1. The summed E-state index contributed by atoms with van der Waals surface area (Å²) < 4.78 is 40.1. The number of hydrogen-bond donors (Lipinski definition) is 2. The van der Waals surface area contributed by atoms with Crippen LogP contribution in [0.15, 0.2) is 17.0 Å². The van der Waals surface area contributed by atoms with Crippen molar-refractivity contribution in [1.29, 1.82) is 0 Å². The van der Waals surface area contributed by atoms with Gasteiger partial charge in [0.05, 0.1) is 0 Å². The van der Waals surface area contributed by atoms with Crippen LogP contribution < -0.4 is 11.1 Å². The summed E-state index contributed by atoms with van der Waals surface area (Å²) in [5.41, 5.74) is 5.95. The molecular weight excluding hydrogens is 285 g/mol. The Hall–Kier alpha value is -1.67. The SMILES string of the molecule is Cc1cc(N)cc(S(=O)(=O)N2CCNC(=O)CC2)c1F. The van der Waals surface area contributed by atoms with Crippen LogP contribution in [-0.2, 0) is 14.8 Å². The fraction of sp³-hybridized carbons (Fsp3) is 0.417. The van der Waals surface area contributed by atoms with Gasteiger partial charge in [-0.05, 0) is 24.6 Å². The lowest BCUT2D eigenvalue weighted by atomic mass is 10.2. The average molecular weight is 301 g/mol. The van der Waals surface area contributed by atoms with E-state index in [2.05, 4.69) is 5.32 Å². The van der Waals surface area contributed by atoms with Gasteiger partial charge in [-0.2, -0.15) is 4.31 Å². The molecule has 1 saturated heterocycles. The lowest BCUT2D eigenvalue weighted by Gasteiger charge is -2.20. The van der Waals surface area contributed by atoms with E-state index in [1.165, 1.54) is 13.0 Å². The van der Waals surface area contributed by atoms with Gasteiger partial charge in [0.25, 0.3) is 0 Å². The summed E-state index contributed by atoms with van der Waals surface area (Å²) in [5.74, 6) is -1.02. The van der Waals surface area contributed by atoms with E-state index >= 15 is 0 Å². The molecule has 110 valence electrons. The molecule has 0 radical (unpaired) electrons. The zero-order valence-corrected chi connectivity index (χ0v) is 11.8. The van der Waals surface area contributed by atoms with Gasteiger partial charge in [-0.3, -0.25) is 4.79 Å². The number of benzene rings is 1. The fourth-order valence-electron chi connectivity index (χ4n) is 2.08. The summed E-state index contributed by atoms with van der Waals surface area (Å²) in [6, 6.07) is 2.49. The van der Waals surface area contributed by atoms with E-state index in [1.54, 1.807) is 0 Å². The maximum absolute atomic E-state index is 14.1. The Morgan fingerprint density at radius 2 is 2.05 bits per heavy atom. The van der Waals surface area contributed by atoms with Crippen LogP contribution in [0.25, 0.3) is 0 Å². The maximum Gasteiger partial charge on any atom is 0.246 e. The molecule has 0 spiro atoms. The summed E-state index contributed by atoms with van der Waals surface area (Å²) in [6.07, 6.45) is 0.0577. The molecule has 1 heterocycles. The lowest BCUT2D eigenvalue weighted by Crippen LogP contribution is -2.34. The highest BCUT2D eigenvalue weighted by Crippen LogP contribution is 2.25. The Labute approximate surface area is 116 Å². The Bertz CT molecular complexity index is 646. The van der Waals surface area contributed by atoms with Gasteiger partial charge in [0.1, 0.15) is 10.7 Å². The van der Waals surface area contributed by atoms with E-state index in [4.69, 9.17) is 5.73 Å². The van der Waals surface area contributed by atoms with Crippen LogP contribution in [0.3, 0.4) is 0 Å². The Morgan fingerprint density at radius 1 is 1.35 bits per heavy atom. The molecule has 1 aromatic carbocycles. The van der Waals surface area contributed by atoms with E-state index < -0.39 is 20.7 Å². The number of halogens is 1. The van der Waals surface area contributed by atoms with Crippen LogP contribution >= 0.6 is 0 Å². The molecule has 0 unspecified atom stereocenters. The van der Waals surface area contributed by atoms with E-state index in [-0.39, 0.29) is 43.2 Å². The van der Waals surface area contributed by atoms with E-state index in [9.17, 15) is 17.6 Å². The summed E-state index contributed by atoms with van der Waals surface area (Å²) in [4.78, 5) is 10.8. The first-order valence-electron chi connectivity index (χ1n) is 6.15. The molecule has 20 heavy (non-hydrogen) atoms. The van der Waals surface area contributed by atoms with Gasteiger partial charge in [-0.25, -0.2) is 12.8 Å². The van der Waals surface area contributed by atoms with Crippen molar-refractivity contribution in [2.75, 3.05) is 25.4 Å². The predicted octanol–water partition coefficient (Wildman–Crippen LogP) is 0.227. The topological polar surface area (TPSA) is 92.5 Å². The van der Waals surface area contributed by atoms with E-state index in [1.807, 2.05) is 0 Å². The second kappa shape index (κ2) is 5.37. The molecule has 0 aromatic heterocycles. The zero-order chi connectivity index (χ0) is 14.9. The number of sulfonamides is 1. The molecule has 0 atom stereocenters. The molecule has 2 rings (SSSR count). The number of nitrogens with two attached hydrogens (primary N) is 1. The van der Waals surface area contributed by atoms with Crippen molar-refractivity contribution in [3.63, 3.8) is 0 Å². The van der Waals surface area contributed by atoms with Gasteiger partial charge in [0, 0.05) is 31.7 Å². The summed E-state index contributed by atoms with van der Waals surface area (Å²) in [6.45, 7) is 1.81. The Balaban J connectivity index is 2.42. The van der Waals surface area contributed by atoms with Crippen molar-refractivity contribution in [1.82, 2.24) is 9.62 Å². The number of amides is 1. The number of anilines is 1. The minimum absolute atomic E-state index is 0.0292. The Kier molecular flexibility index (Phi) is 3.96. The van der Waals surface area contributed by atoms with Crippen LogP contribution in [0.2, 0.25) is 0 Å². The molecule has 1 fully saturated rings. The van der Waals surface area contributed by atoms with Crippen LogP contribution in [0.1, 0.15) is 12.0 Å². The van der Waals surface area contributed by atoms with Crippen LogP contribution in [-0.4, -0.2) is 38.3 Å². The number of hydrogen-bond acceptors (Lipinski definition) is 4. The molecule has 3 N–H and O–H groups in total. The molecule has 6 nitrogen and oxygen atoms in total. The normalized spacial score (nSPS) is 17.6. The summed E-state index contributed by atoms with van der Waals surface area (Å²) in [5, 5.41) is 2.57. The number of aryl methyl sites for hydroxylation is 1. The molecular formula is C12H16FN3O3S. The first-order valence-corrected chi connectivity index (χ1v) is 7.59. The minimum atomic E-state index is -4.00. The first-order chi connectivity index (χ1) is 9.32. The van der Waals surface area contributed by atoms with E-state index in [0.29, 0.717) is 0 Å². The standard InChI is InChI=1S/C12H16FN3O3S/c1-8-6-9(14)7-10(12(8)13)20(18,19)16-4-2-11(17)15-3-5-16/h6-7H,2-5,14H2,1H3,(H,15,17). The number of nitrogens with zero attached hydrogens (tertiary/aromatic N) is 1. The number of rotatable bonds is 2. The third-order valence-corrected chi connectivity index (χ3v) is 5.03. The van der Waals surface area contributed by atoms with Gasteiger partial charge < -0.3 is 11.1 Å². The monoisotopic (exact) mass is 301 g/mol. The second-order valence-electron chi connectivity index (χ2n) is 4.65. The fourth-order valence-corrected chi connectivity index (χ4v) is 3.69. The quantitative estimate of drug-likeness (QED) is 0.765. The van der Waals surface area contributed by atoms with Gasteiger partial charge in [-0.15, -0.1) is 0 Å². The van der Waals surface area contributed by atoms with Gasteiger partial charge in [0.15, 0.2) is 0 Å². The van der Waals surface area contributed by atoms with Crippen molar-refractivity contribution in [3.8, 4) is 0 Å². The molecule has 0 aliphatic carbocycles. The lowest BCUT2D eigenvalue weighted by molar-refractivity contribution is -0.120. The van der Waals surface area contributed by atoms with E-state index in [0.717, 1.165) is 10.4 Å². The van der Waals surface area contributed by atoms with Crippen molar-refractivity contribution in [2.45, 2.75) is 18.2 Å². The zero-order valence-electron chi connectivity index (χ0n) is 11.0. The van der Waals surface area contributed by atoms with Crippen molar-refractivity contribution in [2.24, 2.45) is 0 Å². The predicted molar refractivity (Wildman–Crippen MR) is 71.9 cm³/mol. The van der Waals surface area contributed by atoms with Gasteiger partial charge in [-0.1, -0.05) is 0 Å². The highest BCUT2D eigenvalue weighted by Gasteiger charge is 2.30. The highest BCUT2D eigenvalue weighted by molar-refractivity contribution is 7.89. The van der Waals surface area contributed by atoms with Crippen molar-refractivity contribution >= 4 is 21.6 Å². The summed E-state index contributed by atoms with van der Waals surface area (Å²) in [7, 11) is -4.00. The molecule has 8 heteroatoms. The molecule has 0 saturated carbocycles. The minimum Gasteiger partial charge on any atom is -0.399 e. The average Bonchev–Trinajstić information content (AvgIpc) is 2.58. The number of carbonyl (C=O) groups excluding carboxylic acids is 1. The first kappa shape index (κ1) is 14.7. The maximum atomic E-state index is 14.1. The van der Waals surface area contributed by atoms with Crippen LogP contribution in [0.5, 0.6) is 0 Å². The van der Waals surface area contributed by atoms with Crippen LogP contribution in [0.4, 0.5) is 10.1 Å². The third kappa shape index (κ3) is 2.75. The number of carbonyl (C=O) groups is 1. The summed E-state index contributed by atoms with van der Waals surface area (Å²) >= 11 is 0. The molecule has 0 bridgehead atoms. The van der Waals surface area contributed by atoms with Gasteiger partial charge in [0.2, 0.25) is 15.9 Å². The van der Waals surface area contributed by atoms with Crippen molar-refractivity contribution < 1.29 is 17.6 Å². The molecule has 1 aliphatic heterocycles. The number of nitrogen functional groups attached to an aromatic ring is 1. The van der Waals surface area contributed by atoms with Gasteiger partial charge >= 0.3 is 0 Å². The molecule has 1 aromatic rings. The Morgan fingerprint density at radius 3 is 2.75 bits per heavy atom. The molecule has 1 amide bonds. The van der Waals surface area contributed by atoms with Crippen molar-refractivity contribution in [3.05, 3.63) is 23.5 Å². The largest absolute Gasteiger partial charge is 0.399 e. The second-order valence-corrected chi connectivity index (χ2v) is 6.56. The highest BCUT2D eigenvalue weighted by atomic mass is 32.2. The third-order valence-electron chi connectivity index (χ3n) is 3.13. The molecule has 1 aliphatic rings. The van der Waals surface area contributed by atoms with Crippen LogP contribution in [0, 0.1) is 12.7 Å².